The molecule has 0 aromatic heterocycles. The van der Waals surface area contributed by atoms with Gasteiger partial charge in [-0.2, -0.15) is 0 Å². The molecule has 1 aromatic rings. The van der Waals surface area contributed by atoms with Crippen molar-refractivity contribution in [2.75, 3.05) is 18.4 Å². The third-order valence-corrected chi connectivity index (χ3v) is 2.83. The number of benzene rings is 1. The molecule has 0 spiro atoms. The van der Waals surface area contributed by atoms with Crippen LogP contribution in [0.2, 0.25) is 0 Å². The molecule has 0 aliphatic carbocycles. The van der Waals surface area contributed by atoms with Crippen molar-refractivity contribution in [1.82, 2.24) is 5.32 Å². The highest BCUT2D eigenvalue weighted by molar-refractivity contribution is 5.67. The van der Waals surface area contributed by atoms with Crippen molar-refractivity contribution in [2.45, 2.75) is 46.6 Å². The fourth-order valence-electron chi connectivity index (χ4n) is 1.94. The van der Waals surface area contributed by atoms with Crippen LogP contribution in [-0.4, -0.2) is 24.8 Å². The first kappa shape index (κ1) is 16.3. The van der Waals surface area contributed by atoms with Gasteiger partial charge in [0.25, 0.3) is 0 Å². The molecule has 1 rings (SSSR count). The van der Waals surface area contributed by atoms with Crippen LogP contribution in [0.4, 0.5) is 10.5 Å². The Labute approximate surface area is 121 Å². The number of alkyl carbamates (subject to hydrolysis) is 1. The summed E-state index contributed by atoms with van der Waals surface area (Å²) in [5.41, 5.74) is 3.23. The van der Waals surface area contributed by atoms with Crippen molar-refractivity contribution in [3.05, 3.63) is 29.3 Å². The van der Waals surface area contributed by atoms with E-state index in [9.17, 15) is 4.79 Å². The van der Waals surface area contributed by atoms with Crippen LogP contribution in [0.5, 0.6) is 0 Å². The minimum atomic E-state index is -0.455. The van der Waals surface area contributed by atoms with Crippen molar-refractivity contribution in [3.8, 4) is 0 Å². The summed E-state index contributed by atoms with van der Waals surface area (Å²) in [7, 11) is 0. The summed E-state index contributed by atoms with van der Waals surface area (Å²) in [6.07, 6.45) is 0.614. The van der Waals surface area contributed by atoms with E-state index in [2.05, 4.69) is 42.7 Å². The Hall–Kier alpha value is -1.71. The van der Waals surface area contributed by atoms with E-state index < -0.39 is 5.60 Å². The van der Waals surface area contributed by atoms with Gasteiger partial charge in [0.2, 0.25) is 0 Å². The maximum atomic E-state index is 11.5. The first-order chi connectivity index (χ1) is 9.33. The van der Waals surface area contributed by atoms with Gasteiger partial charge in [0.1, 0.15) is 5.60 Å². The fourth-order valence-corrected chi connectivity index (χ4v) is 1.94. The highest BCUT2D eigenvalue weighted by Gasteiger charge is 2.15. The zero-order chi connectivity index (χ0) is 15.2. The predicted molar refractivity (Wildman–Crippen MR) is 83.3 cm³/mol. The smallest absolute Gasteiger partial charge is 0.407 e. The Morgan fingerprint density at radius 3 is 2.55 bits per heavy atom. The lowest BCUT2D eigenvalue weighted by Gasteiger charge is -2.20. The summed E-state index contributed by atoms with van der Waals surface area (Å²) in [5.74, 6) is 0. The Morgan fingerprint density at radius 1 is 1.25 bits per heavy atom. The van der Waals surface area contributed by atoms with Crippen molar-refractivity contribution >= 4 is 11.8 Å². The van der Waals surface area contributed by atoms with E-state index in [1.807, 2.05) is 20.8 Å². The molecule has 0 fully saturated rings. The van der Waals surface area contributed by atoms with Crippen LogP contribution in [0.1, 0.15) is 38.8 Å². The first-order valence-corrected chi connectivity index (χ1v) is 7.12. The lowest BCUT2D eigenvalue weighted by atomic mass is 10.1. The Bertz CT molecular complexity index is 450. The first-order valence-electron chi connectivity index (χ1n) is 7.12. The second-order valence-corrected chi connectivity index (χ2v) is 5.82. The number of anilines is 1. The van der Waals surface area contributed by atoms with Crippen LogP contribution in [0, 0.1) is 6.92 Å². The van der Waals surface area contributed by atoms with Gasteiger partial charge in [0, 0.05) is 18.8 Å². The molecule has 0 aliphatic rings. The molecular formula is C16H26N2O2. The Morgan fingerprint density at radius 2 is 1.95 bits per heavy atom. The molecule has 0 saturated heterocycles. The van der Waals surface area contributed by atoms with Gasteiger partial charge in [-0.05, 0) is 45.2 Å². The molecule has 0 aliphatic heterocycles. The maximum absolute atomic E-state index is 11.5. The third kappa shape index (κ3) is 5.51. The predicted octanol–water partition coefficient (Wildman–Crippen LogP) is 3.49. The molecule has 0 bridgehead atoms. The highest BCUT2D eigenvalue weighted by atomic mass is 16.6. The number of para-hydroxylation sites is 1. The van der Waals surface area contributed by atoms with Crippen LogP contribution < -0.4 is 10.6 Å². The lowest BCUT2D eigenvalue weighted by molar-refractivity contribution is 0.0530. The summed E-state index contributed by atoms with van der Waals surface area (Å²) in [5, 5.41) is 6.12. The number of hydrogen-bond acceptors (Lipinski definition) is 3. The van der Waals surface area contributed by atoms with Gasteiger partial charge < -0.3 is 15.4 Å². The Balaban J connectivity index is 2.40. The van der Waals surface area contributed by atoms with Gasteiger partial charge in [0.05, 0.1) is 0 Å². The molecule has 0 unspecified atom stereocenters. The monoisotopic (exact) mass is 278 g/mol. The molecule has 112 valence electrons. The molecule has 0 atom stereocenters. The molecule has 0 radical (unpaired) electrons. The van der Waals surface area contributed by atoms with E-state index in [0.29, 0.717) is 13.1 Å². The van der Waals surface area contributed by atoms with Crippen molar-refractivity contribution in [1.29, 1.82) is 0 Å². The normalized spacial score (nSPS) is 11.1. The van der Waals surface area contributed by atoms with Gasteiger partial charge in [-0.1, -0.05) is 25.1 Å². The number of nitrogens with one attached hydrogen (secondary N) is 2. The standard InChI is InChI=1S/C16H26N2O2/c1-6-13-9-7-8-12(2)14(13)17-10-11-18-15(19)20-16(3,4)5/h7-9,17H,6,10-11H2,1-5H3,(H,18,19). The topological polar surface area (TPSA) is 50.4 Å². The van der Waals surface area contributed by atoms with Crippen LogP contribution >= 0.6 is 0 Å². The Kier molecular flexibility index (Phi) is 5.86. The van der Waals surface area contributed by atoms with Crippen LogP contribution in [-0.2, 0) is 11.2 Å². The number of carbonyl (C=O) groups excluding carboxylic acids is 1. The summed E-state index contributed by atoms with van der Waals surface area (Å²) < 4.78 is 5.18. The van der Waals surface area contributed by atoms with Gasteiger partial charge in [-0.15, -0.1) is 0 Å². The zero-order valence-electron chi connectivity index (χ0n) is 13.2. The highest BCUT2D eigenvalue weighted by Crippen LogP contribution is 2.20. The summed E-state index contributed by atoms with van der Waals surface area (Å²) in [6, 6.07) is 6.28. The van der Waals surface area contributed by atoms with Crippen LogP contribution in [0.15, 0.2) is 18.2 Å². The van der Waals surface area contributed by atoms with Crippen LogP contribution in [0.3, 0.4) is 0 Å². The van der Waals surface area contributed by atoms with E-state index in [0.717, 1.165) is 6.42 Å². The van der Waals surface area contributed by atoms with E-state index in [1.165, 1.54) is 16.8 Å². The lowest BCUT2D eigenvalue weighted by Crippen LogP contribution is -2.35. The number of ether oxygens (including phenoxy) is 1. The molecule has 0 saturated carbocycles. The van der Waals surface area contributed by atoms with Crippen molar-refractivity contribution in [2.24, 2.45) is 0 Å². The largest absolute Gasteiger partial charge is 0.444 e. The van der Waals surface area contributed by atoms with Crippen molar-refractivity contribution in [3.63, 3.8) is 0 Å². The molecule has 4 heteroatoms. The minimum absolute atomic E-state index is 0.375. The number of carbonyl (C=O) groups is 1. The van der Waals surface area contributed by atoms with Gasteiger partial charge in [-0.25, -0.2) is 4.79 Å². The molecule has 0 heterocycles. The van der Waals surface area contributed by atoms with E-state index >= 15 is 0 Å². The summed E-state index contributed by atoms with van der Waals surface area (Å²) in [4.78, 5) is 11.5. The molecule has 1 amide bonds. The van der Waals surface area contributed by atoms with E-state index in [1.54, 1.807) is 0 Å². The number of aryl methyl sites for hydroxylation is 2. The zero-order valence-corrected chi connectivity index (χ0v) is 13.2. The summed E-state index contributed by atoms with van der Waals surface area (Å²) in [6.45, 7) is 11.0. The quantitative estimate of drug-likeness (QED) is 0.811. The van der Waals surface area contributed by atoms with Gasteiger partial charge in [0.15, 0.2) is 0 Å². The van der Waals surface area contributed by atoms with Gasteiger partial charge >= 0.3 is 6.09 Å². The average molecular weight is 278 g/mol. The molecule has 20 heavy (non-hydrogen) atoms. The third-order valence-electron chi connectivity index (χ3n) is 2.83. The van der Waals surface area contributed by atoms with E-state index in [-0.39, 0.29) is 6.09 Å². The second-order valence-electron chi connectivity index (χ2n) is 5.82. The fraction of sp³-hybridized carbons (Fsp3) is 0.562. The number of amides is 1. The molecule has 4 nitrogen and oxygen atoms in total. The summed E-state index contributed by atoms with van der Waals surface area (Å²) >= 11 is 0. The molecule has 2 N–H and O–H groups in total. The molecule has 1 aromatic carbocycles. The van der Waals surface area contributed by atoms with Gasteiger partial charge in [-0.3, -0.25) is 0 Å². The molecular weight excluding hydrogens is 252 g/mol. The van der Waals surface area contributed by atoms with Crippen LogP contribution in [0.25, 0.3) is 0 Å². The second kappa shape index (κ2) is 7.17. The SMILES string of the molecule is CCc1cccc(C)c1NCCNC(=O)OC(C)(C)C. The average Bonchev–Trinajstić information content (AvgIpc) is 2.33. The maximum Gasteiger partial charge on any atom is 0.407 e. The number of rotatable bonds is 5. The minimum Gasteiger partial charge on any atom is -0.444 e. The van der Waals surface area contributed by atoms with E-state index in [4.69, 9.17) is 4.74 Å². The number of hydrogen-bond donors (Lipinski definition) is 2. The van der Waals surface area contributed by atoms with Crippen molar-refractivity contribution < 1.29 is 9.53 Å².